The van der Waals surface area contributed by atoms with Gasteiger partial charge in [-0.3, -0.25) is 9.58 Å². The lowest BCUT2D eigenvalue weighted by Crippen LogP contribution is -2.50. The molecular weight excluding hydrogens is 228 g/mol. The van der Waals surface area contributed by atoms with Gasteiger partial charge in [-0.2, -0.15) is 5.10 Å². The third-order valence-corrected chi connectivity index (χ3v) is 3.91. The molecule has 0 amide bonds. The fraction of sp³-hybridized carbons (Fsp3) is 0.769. The van der Waals surface area contributed by atoms with E-state index in [9.17, 15) is 0 Å². The molecule has 1 aromatic rings. The Balaban J connectivity index is 1.73. The van der Waals surface area contributed by atoms with E-state index < -0.39 is 0 Å². The van der Waals surface area contributed by atoms with Crippen molar-refractivity contribution < 1.29 is 4.74 Å². The van der Waals surface area contributed by atoms with Gasteiger partial charge in [0.15, 0.2) is 0 Å². The number of aromatic nitrogens is 2. The summed E-state index contributed by atoms with van der Waals surface area (Å²) in [5.41, 5.74) is 1.30. The molecule has 5 heteroatoms. The summed E-state index contributed by atoms with van der Waals surface area (Å²) in [5, 5.41) is 7.83. The van der Waals surface area contributed by atoms with Gasteiger partial charge in [0, 0.05) is 38.4 Å². The fourth-order valence-corrected chi connectivity index (χ4v) is 3.00. The van der Waals surface area contributed by atoms with E-state index in [0.717, 1.165) is 32.8 Å². The molecule has 2 aliphatic heterocycles. The van der Waals surface area contributed by atoms with Crippen LogP contribution in [0, 0.1) is 0 Å². The van der Waals surface area contributed by atoms with Crippen LogP contribution >= 0.6 is 0 Å². The third kappa shape index (κ3) is 2.18. The molecule has 3 heterocycles. The monoisotopic (exact) mass is 250 g/mol. The first-order chi connectivity index (χ1) is 8.75. The summed E-state index contributed by atoms with van der Waals surface area (Å²) in [6, 6.07) is 3.08. The summed E-state index contributed by atoms with van der Waals surface area (Å²) in [6.45, 7) is 9.23. The zero-order valence-corrected chi connectivity index (χ0v) is 11.2. The summed E-state index contributed by atoms with van der Waals surface area (Å²) in [6.07, 6.45) is 2.27. The Kier molecular flexibility index (Phi) is 3.37. The largest absolute Gasteiger partial charge is 0.374 e. The van der Waals surface area contributed by atoms with E-state index in [4.69, 9.17) is 4.74 Å². The second-order valence-electron chi connectivity index (χ2n) is 5.47. The summed E-state index contributed by atoms with van der Waals surface area (Å²) in [4.78, 5) is 2.53. The number of rotatable bonds is 3. The molecule has 0 spiro atoms. The molecule has 18 heavy (non-hydrogen) atoms. The molecule has 2 fully saturated rings. The maximum absolute atomic E-state index is 5.80. The maximum atomic E-state index is 5.80. The summed E-state index contributed by atoms with van der Waals surface area (Å²) in [7, 11) is 0. The zero-order valence-electron chi connectivity index (χ0n) is 11.2. The Morgan fingerprint density at radius 3 is 3.22 bits per heavy atom. The highest BCUT2D eigenvalue weighted by molar-refractivity contribution is 5.04. The van der Waals surface area contributed by atoms with Crippen LogP contribution in [0.2, 0.25) is 0 Å². The highest BCUT2D eigenvalue weighted by atomic mass is 16.5. The maximum Gasteiger partial charge on any atom is 0.0867 e. The van der Waals surface area contributed by atoms with Crippen molar-refractivity contribution in [2.45, 2.75) is 38.6 Å². The molecule has 0 aromatic carbocycles. The Bertz CT molecular complexity index is 403. The molecule has 100 valence electrons. The van der Waals surface area contributed by atoms with Crippen LogP contribution in [0.25, 0.3) is 0 Å². The van der Waals surface area contributed by atoms with Crippen molar-refractivity contribution in [2.24, 2.45) is 0 Å². The predicted octanol–water partition coefficient (Wildman–Crippen LogP) is 0.637. The van der Waals surface area contributed by atoms with Crippen LogP contribution in [0.1, 0.15) is 25.6 Å². The van der Waals surface area contributed by atoms with E-state index in [0.29, 0.717) is 18.2 Å². The first kappa shape index (κ1) is 12.1. The summed E-state index contributed by atoms with van der Waals surface area (Å²) < 4.78 is 7.92. The number of fused-ring (bicyclic) bond motifs is 1. The van der Waals surface area contributed by atoms with Crippen LogP contribution in [0.4, 0.5) is 0 Å². The van der Waals surface area contributed by atoms with E-state index in [1.807, 2.05) is 6.20 Å². The molecule has 0 saturated carbocycles. The Labute approximate surface area is 108 Å². The van der Waals surface area contributed by atoms with Crippen molar-refractivity contribution in [3.8, 4) is 0 Å². The van der Waals surface area contributed by atoms with Gasteiger partial charge in [-0.25, -0.2) is 0 Å². The smallest absolute Gasteiger partial charge is 0.0867 e. The second kappa shape index (κ2) is 4.99. The molecule has 0 bridgehead atoms. The molecule has 0 aliphatic carbocycles. The number of hydrogen-bond donors (Lipinski definition) is 1. The van der Waals surface area contributed by atoms with Gasteiger partial charge in [0.1, 0.15) is 0 Å². The van der Waals surface area contributed by atoms with Crippen molar-refractivity contribution >= 4 is 0 Å². The van der Waals surface area contributed by atoms with Crippen LogP contribution in [0.5, 0.6) is 0 Å². The van der Waals surface area contributed by atoms with Gasteiger partial charge in [0.25, 0.3) is 0 Å². The van der Waals surface area contributed by atoms with E-state index in [2.05, 4.69) is 39.9 Å². The van der Waals surface area contributed by atoms with E-state index >= 15 is 0 Å². The van der Waals surface area contributed by atoms with Crippen molar-refractivity contribution in [3.05, 3.63) is 18.0 Å². The lowest BCUT2D eigenvalue weighted by Gasteiger charge is -2.37. The zero-order chi connectivity index (χ0) is 12.5. The minimum Gasteiger partial charge on any atom is -0.374 e. The quantitative estimate of drug-likeness (QED) is 0.855. The highest BCUT2D eigenvalue weighted by Crippen LogP contribution is 2.20. The highest BCUT2D eigenvalue weighted by Gasteiger charge is 2.36. The lowest BCUT2D eigenvalue weighted by atomic mass is 10.1. The molecule has 0 radical (unpaired) electrons. The minimum atomic E-state index is 0.370. The SMILES string of the molecule is CC(C)n1nccc1CN1CCO[C@H]2CNC[C@H]21. The van der Waals surface area contributed by atoms with Gasteiger partial charge in [-0.05, 0) is 19.9 Å². The predicted molar refractivity (Wildman–Crippen MR) is 69.4 cm³/mol. The van der Waals surface area contributed by atoms with E-state index in [-0.39, 0.29) is 0 Å². The van der Waals surface area contributed by atoms with E-state index in [1.54, 1.807) is 0 Å². The number of nitrogens with one attached hydrogen (secondary N) is 1. The normalized spacial score (nSPS) is 28.8. The fourth-order valence-electron chi connectivity index (χ4n) is 3.00. The average Bonchev–Trinajstić information content (AvgIpc) is 2.96. The van der Waals surface area contributed by atoms with Crippen LogP contribution in [-0.2, 0) is 11.3 Å². The molecule has 2 saturated heterocycles. The summed E-state index contributed by atoms with van der Waals surface area (Å²) in [5.74, 6) is 0. The average molecular weight is 250 g/mol. The van der Waals surface area contributed by atoms with Crippen LogP contribution in [0.3, 0.4) is 0 Å². The molecule has 5 nitrogen and oxygen atoms in total. The van der Waals surface area contributed by atoms with Crippen molar-refractivity contribution in [2.75, 3.05) is 26.2 Å². The van der Waals surface area contributed by atoms with Gasteiger partial charge < -0.3 is 10.1 Å². The Hall–Kier alpha value is -0.910. The van der Waals surface area contributed by atoms with Crippen LogP contribution < -0.4 is 5.32 Å². The minimum absolute atomic E-state index is 0.370. The molecular formula is C13H22N4O. The first-order valence-corrected chi connectivity index (χ1v) is 6.84. The van der Waals surface area contributed by atoms with Crippen LogP contribution in [0.15, 0.2) is 12.3 Å². The van der Waals surface area contributed by atoms with Crippen LogP contribution in [-0.4, -0.2) is 53.1 Å². The molecule has 1 aromatic heterocycles. The third-order valence-electron chi connectivity index (χ3n) is 3.91. The van der Waals surface area contributed by atoms with Gasteiger partial charge in [-0.1, -0.05) is 0 Å². The standard InChI is InChI=1S/C13H22N4O/c1-10(2)17-11(3-4-15-17)9-16-5-6-18-13-8-14-7-12(13)16/h3-4,10,12-14H,5-9H2,1-2H3/t12-,13+/m1/s1. The molecule has 2 aliphatic rings. The Morgan fingerprint density at radius 2 is 2.39 bits per heavy atom. The van der Waals surface area contributed by atoms with Crippen molar-refractivity contribution in [1.29, 1.82) is 0 Å². The Morgan fingerprint density at radius 1 is 1.50 bits per heavy atom. The van der Waals surface area contributed by atoms with E-state index in [1.165, 1.54) is 5.69 Å². The number of hydrogen-bond acceptors (Lipinski definition) is 4. The lowest BCUT2D eigenvalue weighted by molar-refractivity contribution is -0.0509. The number of nitrogens with zero attached hydrogens (tertiary/aromatic N) is 3. The molecule has 2 atom stereocenters. The van der Waals surface area contributed by atoms with Gasteiger partial charge >= 0.3 is 0 Å². The van der Waals surface area contributed by atoms with Gasteiger partial charge in [0.05, 0.1) is 24.4 Å². The molecule has 1 N–H and O–H groups in total. The molecule has 3 rings (SSSR count). The van der Waals surface area contributed by atoms with Gasteiger partial charge in [-0.15, -0.1) is 0 Å². The number of morpholine rings is 1. The van der Waals surface area contributed by atoms with Crippen molar-refractivity contribution in [3.63, 3.8) is 0 Å². The molecule has 0 unspecified atom stereocenters. The summed E-state index contributed by atoms with van der Waals surface area (Å²) >= 11 is 0. The van der Waals surface area contributed by atoms with Crippen molar-refractivity contribution in [1.82, 2.24) is 20.0 Å². The number of ether oxygens (including phenoxy) is 1. The topological polar surface area (TPSA) is 42.3 Å². The van der Waals surface area contributed by atoms with Gasteiger partial charge in [0.2, 0.25) is 0 Å². The first-order valence-electron chi connectivity index (χ1n) is 6.84. The second-order valence-corrected chi connectivity index (χ2v) is 5.47.